The molecule has 3 heterocycles. The van der Waals surface area contributed by atoms with Gasteiger partial charge < -0.3 is 19.5 Å². The molecule has 31 heavy (non-hydrogen) atoms. The zero-order valence-electron chi connectivity index (χ0n) is 18.4. The van der Waals surface area contributed by atoms with Crippen LogP contribution in [0.25, 0.3) is 11.1 Å². The average molecular weight is 424 g/mol. The van der Waals surface area contributed by atoms with E-state index in [-0.39, 0.29) is 11.8 Å². The Hall–Kier alpha value is -3.16. The van der Waals surface area contributed by atoms with Crippen molar-refractivity contribution >= 4 is 22.8 Å². The zero-order chi connectivity index (χ0) is 21.8. The third-order valence-electron chi connectivity index (χ3n) is 5.65. The third-order valence-corrected chi connectivity index (χ3v) is 5.65. The highest BCUT2D eigenvalue weighted by atomic mass is 16.5. The van der Waals surface area contributed by atoms with Gasteiger partial charge in [-0.2, -0.15) is 4.98 Å². The lowest BCUT2D eigenvalue weighted by Crippen LogP contribution is -2.43. The Balaban J connectivity index is 1.49. The van der Waals surface area contributed by atoms with Crippen LogP contribution < -0.4 is 15.0 Å². The van der Waals surface area contributed by atoms with E-state index in [0.29, 0.717) is 31.2 Å². The average Bonchev–Trinajstić information content (AvgIpc) is 3.21. The topological polar surface area (TPSA) is 93.4 Å². The van der Waals surface area contributed by atoms with Gasteiger partial charge >= 0.3 is 0 Å². The smallest absolute Gasteiger partial charge is 0.263 e. The van der Waals surface area contributed by atoms with Crippen molar-refractivity contribution in [2.75, 3.05) is 24.6 Å². The lowest BCUT2D eigenvalue weighted by molar-refractivity contribution is -0.125. The Labute approximate surface area is 182 Å². The first-order chi connectivity index (χ1) is 15.1. The van der Waals surface area contributed by atoms with Crippen molar-refractivity contribution in [1.29, 1.82) is 0 Å². The molecule has 0 saturated carbocycles. The molecule has 3 aromatic rings. The molecule has 1 aliphatic rings. The summed E-state index contributed by atoms with van der Waals surface area (Å²) < 4.78 is 11.1. The van der Waals surface area contributed by atoms with Crippen molar-refractivity contribution in [3.63, 3.8) is 0 Å². The number of benzene rings is 1. The molecular weight excluding hydrogens is 394 g/mol. The fourth-order valence-corrected chi connectivity index (χ4v) is 4.12. The molecule has 1 aromatic carbocycles. The summed E-state index contributed by atoms with van der Waals surface area (Å²) in [5.41, 5.74) is 2.35. The Morgan fingerprint density at radius 2 is 2.13 bits per heavy atom. The Morgan fingerprint density at radius 1 is 1.29 bits per heavy atom. The van der Waals surface area contributed by atoms with E-state index in [0.717, 1.165) is 54.0 Å². The quantitative estimate of drug-likeness (QED) is 0.622. The van der Waals surface area contributed by atoms with Crippen LogP contribution in [0.3, 0.4) is 0 Å². The van der Waals surface area contributed by atoms with Gasteiger partial charge in [0.2, 0.25) is 5.91 Å². The molecule has 0 radical (unpaired) electrons. The van der Waals surface area contributed by atoms with Crippen LogP contribution in [-0.2, 0) is 17.8 Å². The highest BCUT2D eigenvalue weighted by Gasteiger charge is 2.29. The summed E-state index contributed by atoms with van der Waals surface area (Å²) in [7, 11) is 0. The van der Waals surface area contributed by atoms with Crippen LogP contribution >= 0.6 is 0 Å². The summed E-state index contributed by atoms with van der Waals surface area (Å²) in [4.78, 5) is 24.2. The number of rotatable bonds is 7. The molecule has 1 aliphatic heterocycles. The van der Waals surface area contributed by atoms with E-state index in [1.54, 1.807) is 0 Å². The summed E-state index contributed by atoms with van der Waals surface area (Å²) >= 11 is 0. The number of piperidine rings is 1. The largest absolute Gasteiger partial charge is 0.494 e. The van der Waals surface area contributed by atoms with Gasteiger partial charge in [0, 0.05) is 25.2 Å². The number of ether oxygens (including phenoxy) is 1. The van der Waals surface area contributed by atoms with E-state index >= 15 is 0 Å². The van der Waals surface area contributed by atoms with Gasteiger partial charge in [-0.15, -0.1) is 0 Å². The SMILES string of the molecule is CCOc1ccccc1CNC(=O)[C@H]1CCCN(c2nc(C)nc3onc(CC)c23)C1. The summed E-state index contributed by atoms with van der Waals surface area (Å²) in [6, 6.07) is 7.81. The molecule has 4 rings (SSSR count). The minimum atomic E-state index is -0.108. The zero-order valence-corrected chi connectivity index (χ0v) is 18.4. The number of amides is 1. The van der Waals surface area contributed by atoms with E-state index in [9.17, 15) is 4.79 Å². The second kappa shape index (κ2) is 9.32. The molecule has 0 bridgehead atoms. The van der Waals surface area contributed by atoms with E-state index in [4.69, 9.17) is 14.2 Å². The molecular formula is C23H29N5O3. The van der Waals surface area contributed by atoms with Gasteiger partial charge in [-0.1, -0.05) is 30.3 Å². The normalized spacial score (nSPS) is 16.5. The van der Waals surface area contributed by atoms with Crippen molar-refractivity contribution in [2.24, 2.45) is 5.92 Å². The second-order valence-corrected chi connectivity index (χ2v) is 7.80. The van der Waals surface area contributed by atoms with Crippen molar-refractivity contribution in [1.82, 2.24) is 20.4 Å². The van der Waals surface area contributed by atoms with Gasteiger partial charge in [-0.25, -0.2) is 4.98 Å². The molecule has 1 amide bonds. The lowest BCUT2D eigenvalue weighted by Gasteiger charge is -2.33. The van der Waals surface area contributed by atoms with Crippen LogP contribution in [0.1, 0.15) is 43.8 Å². The van der Waals surface area contributed by atoms with Gasteiger partial charge in [0.25, 0.3) is 5.71 Å². The summed E-state index contributed by atoms with van der Waals surface area (Å²) in [5, 5.41) is 8.11. The molecule has 1 saturated heterocycles. The standard InChI is InChI=1S/C23H29N5O3/c1-4-18-20-21(25-15(3)26-23(20)31-27-18)28-12-8-10-17(14-28)22(29)24-13-16-9-6-7-11-19(16)30-5-2/h6-7,9,11,17H,4-5,8,10,12-14H2,1-3H3,(H,24,29)/t17-/m0/s1. The Bertz CT molecular complexity index is 1060. The van der Waals surface area contributed by atoms with Crippen LogP contribution in [0, 0.1) is 12.8 Å². The number of aryl methyl sites for hydroxylation is 2. The summed E-state index contributed by atoms with van der Waals surface area (Å²) in [5.74, 6) is 2.22. The molecule has 1 atom stereocenters. The molecule has 1 fully saturated rings. The lowest BCUT2D eigenvalue weighted by atomic mass is 9.96. The maximum Gasteiger partial charge on any atom is 0.263 e. The molecule has 0 aliphatic carbocycles. The van der Waals surface area contributed by atoms with Crippen molar-refractivity contribution in [2.45, 2.75) is 46.6 Å². The van der Waals surface area contributed by atoms with Crippen LogP contribution in [0.5, 0.6) is 5.75 Å². The van der Waals surface area contributed by atoms with Gasteiger partial charge in [-0.05, 0) is 39.2 Å². The van der Waals surface area contributed by atoms with Crippen LogP contribution in [-0.4, -0.2) is 40.7 Å². The maximum absolute atomic E-state index is 13.0. The van der Waals surface area contributed by atoms with E-state index in [1.165, 1.54) is 0 Å². The number of carbonyl (C=O) groups excluding carboxylic acids is 1. The monoisotopic (exact) mass is 423 g/mol. The maximum atomic E-state index is 13.0. The minimum absolute atomic E-state index is 0.0547. The van der Waals surface area contributed by atoms with Crippen molar-refractivity contribution in [3.8, 4) is 5.75 Å². The number of nitrogens with one attached hydrogen (secondary N) is 1. The molecule has 2 aromatic heterocycles. The second-order valence-electron chi connectivity index (χ2n) is 7.80. The van der Waals surface area contributed by atoms with Crippen LogP contribution in [0.2, 0.25) is 0 Å². The summed E-state index contributed by atoms with van der Waals surface area (Å²) in [6.07, 6.45) is 2.52. The van der Waals surface area contributed by atoms with E-state index in [1.807, 2.05) is 45.0 Å². The first kappa shape index (κ1) is 21.1. The van der Waals surface area contributed by atoms with Gasteiger partial charge in [0.1, 0.15) is 22.8 Å². The molecule has 8 heteroatoms. The number of carbonyl (C=O) groups is 1. The molecule has 164 valence electrons. The third kappa shape index (κ3) is 4.47. The van der Waals surface area contributed by atoms with Gasteiger partial charge in [0.15, 0.2) is 0 Å². The van der Waals surface area contributed by atoms with Crippen LogP contribution in [0.4, 0.5) is 5.82 Å². The predicted molar refractivity (Wildman–Crippen MR) is 118 cm³/mol. The van der Waals surface area contributed by atoms with Gasteiger partial charge in [-0.3, -0.25) is 4.79 Å². The number of hydrogen-bond acceptors (Lipinski definition) is 7. The number of hydrogen-bond donors (Lipinski definition) is 1. The number of para-hydroxylation sites is 1. The van der Waals surface area contributed by atoms with Crippen LogP contribution in [0.15, 0.2) is 28.8 Å². The predicted octanol–water partition coefficient (Wildman–Crippen LogP) is 3.42. The van der Waals surface area contributed by atoms with Gasteiger partial charge in [0.05, 0.1) is 18.2 Å². The number of anilines is 1. The highest BCUT2D eigenvalue weighted by Crippen LogP contribution is 2.31. The molecule has 1 N–H and O–H groups in total. The van der Waals surface area contributed by atoms with Crippen molar-refractivity contribution in [3.05, 3.63) is 41.3 Å². The Morgan fingerprint density at radius 3 is 2.94 bits per heavy atom. The molecule has 8 nitrogen and oxygen atoms in total. The fourth-order valence-electron chi connectivity index (χ4n) is 4.12. The number of nitrogens with zero attached hydrogens (tertiary/aromatic N) is 4. The fraction of sp³-hybridized carbons (Fsp3) is 0.478. The highest BCUT2D eigenvalue weighted by molar-refractivity contribution is 5.89. The number of aromatic nitrogens is 3. The summed E-state index contributed by atoms with van der Waals surface area (Å²) in [6.45, 7) is 8.34. The molecule has 0 unspecified atom stereocenters. The minimum Gasteiger partial charge on any atom is -0.494 e. The van der Waals surface area contributed by atoms with E-state index in [2.05, 4.69) is 20.4 Å². The van der Waals surface area contributed by atoms with Crippen molar-refractivity contribution < 1.29 is 14.1 Å². The Kier molecular flexibility index (Phi) is 6.34. The first-order valence-electron chi connectivity index (χ1n) is 11.0. The number of fused-ring (bicyclic) bond motifs is 1. The van der Waals surface area contributed by atoms with E-state index < -0.39 is 0 Å². The molecule has 0 spiro atoms. The first-order valence-corrected chi connectivity index (χ1v) is 11.0.